The van der Waals surface area contributed by atoms with Crippen LogP contribution in [0.15, 0.2) is 71.8 Å². The highest BCUT2D eigenvalue weighted by Crippen LogP contribution is 2.22. The van der Waals surface area contributed by atoms with E-state index in [1.54, 1.807) is 10.6 Å². The third kappa shape index (κ3) is 4.26. The van der Waals surface area contributed by atoms with E-state index in [0.717, 1.165) is 40.8 Å². The number of aromatic nitrogens is 3. The molecule has 2 aromatic carbocycles. The molecule has 0 amide bonds. The molecule has 2 aromatic heterocycles. The molecule has 0 saturated carbocycles. The van der Waals surface area contributed by atoms with Gasteiger partial charge in [0, 0.05) is 36.4 Å². The Bertz CT molecular complexity index is 1280. The lowest BCUT2D eigenvalue weighted by atomic mass is 10.1. The Morgan fingerprint density at radius 1 is 0.938 bits per heavy atom. The molecular weight excluding hydrogens is 396 g/mol. The minimum absolute atomic E-state index is 0.0333. The molecule has 0 unspecified atom stereocenters. The lowest BCUT2D eigenvalue weighted by molar-refractivity contribution is 0.268. The molecule has 0 bridgehead atoms. The topological polar surface area (TPSA) is 43.1 Å². The van der Waals surface area contributed by atoms with Gasteiger partial charge >= 0.3 is 0 Å². The molecule has 5 rings (SSSR count). The fourth-order valence-electron chi connectivity index (χ4n) is 4.75. The second-order valence-corrected chi connectivity index (χ2v) is 9.17. The number of benzene rings is 2. The number of fused-ring (bicyclic) bond motifs is 1. The Balaban J connectivity index is 1.37. The highest BCUT2D eigenvalue weighted by Gasteiger charge is 2.16. The molecule has 5 heteroatoms. The number of hydrogen-bond donors (Lipinski definition) is 0. The van der Waals surface area contributed by atoms with Crippen LogP contribution in [0.5, 0.6) is 0 Å². The summed E-state index contributed by atoms with van der Waals surface area (Å²) >= 11 is 0. The molecule has 0 N–H and O–H groups in total. The van der Waals surface area contributed by atoms with Crippen LogP contribution in [0.3, 0.4) is 0 Å². The minimum atomic E-state index is -0.0333. The number of rotatable bonds is 6. The first kappa shape index (κ1) is 20.7. The van der Waals surface area contributed by atoms with E-state index in [9.17, 15) is 4.79 Å². The third-order valence-corrected chi connectivity index (χ3v) is 6.46. The third-order valence-electron chi connectivity index (χ3n) is 6.46. The first-order valence-corrected chi connectivity index (χ1v) is 11.5. The van der Waals surface area contributed by atoms with Gasteiger partial charge in [-0.25, -0.2) is 0 Å². The summed E-state index contributed by atoms with van der Waals surface area (Å²) in [7, 11) is 0. The first-order chi connectivity index (χ1) is 15.6. The van der Waals surface area contributed by atoms with Gasteiger partial charge in [0.2, 0.25) is 0 Å². The van der Waals surface area contributed by atoms with Crippen molar-refractivity contribution in [3.8, 4) is 16.8 Å². The van der Waals surface area contributed by atoms with Crippen LogP contribution in [0.4, 0.5) is 0 Å². The van der Waals surface area contributed by atoms with Gasteiger partial charge in [0.05, 0.1) is 11.7 Å². The van der Waals surface area contributed by atoms with Crippen molar-refractivity contribution in [2.24, 2.45) is 5.92 Å². The molecule has 1 aliphatic heterocycles. The lowest BCUT2D eigenvalue weighted by Gasteiger charge is -2.20. The van der Waals surface area contributed by atoms with Crippen LogP contribution < -0.4 is 5.56 Å². The average Bonchev–Trinajstić information content (AvgIpc) is 3.44. The summed E-state index contributed by atoms with van der Waals surface area (Å²) in [6, 6.07) is 18.1. The standard InChI is InChI=1S/C27H30N4O/c1-20-5-7-22(8-6-20)23-11-14-30(27(32)16-23)25-9-10-26-24(15-25)17-28-31(26)19-21(2)18-29-12-3-4-13-29/h5-11,14-17,21H,3-4,12-13,18-19H2,1-2H3/t21-/m0/s1. The molecule has 1 fully saturated rings. The number of nitrogens with zero attached hydrogens (tertiary/aromatic N) is 4. The molecule has 3 heterocycles. The predicted octanol–water partition coefficient (Wildman–Crippen LogP) is 4.89. The van der Waals surface area contributed by atoms with Crippen molar-refractivity contribution in [2.45, 2.75) is 33.2 Å². The van der Waals surface area contributed by atoms with Gasteiger partial charge in [0.1, 0.15) is 0 Å². The van der Waals surface area contributed by atoms with Crippen LogP contribution >= 0.6 is 0 Å². The molecule has 1 atom stereocenters. The fraction of sp³-hybridized carbons (Fsp3) is 0.333. The molecule has 1 saturated heterocycles. The van der Waals surface area contributed by atoms with Crippen LogP contribution in [0.25, 0.3) is 27.7 Å². The number of hydrogen-bond acceptors (Lipinski definition) is 3. The molecule has 164 valence electrons. The Hall–Kier alpha value is -3.18. The number of pyridine rings is 1. The second-order valence-electron chi connectivity index (χ2n) is 9.17. The SMILES string of the molecule is Cc1ccc(-c2ccn(-c3ccc4c(cnn4C[C@@H](C)CN4CCCC4)c3)c(=O)c2)cc1. The molecule has 0 radical (unpaired) electrons. The van der Waals surface area contributed by atoms with Crippen molar-refractivity contribution in [3.05, 3.63) is 82.9 Å². The largest absolute Gasteiger partial charge is 0.303 e. The van der Waals surface area contributed by atoms with Crippen LogP contribution in [0.1, 0.15) is 25.3 Å². The van der Waals surface area contributed by atoms with Crippen LogP contribution in [-0.2, 0) is 6.54 Å². The molecule has 1 aliphatic rings. The maximum absolute atomic E-state index is 12.9. The van der Waals surface area contributed by atoms with E-state index >= 15 is 0 Å². The van der Waals surface area contributed by atoms with Crippen molar-refractivity contribution in [1.29, 1.82) is 0 Å². The smallest absolute Gasteiger partial charge is 0.255 e. The second kappa shape index (κ2) is 8.75. The van der Waals surface area contributed by atoms with E-state index in [4.69, 9.17) is 0 Å². The Labute approximate surface area is 188 Å². The van der Waals surface area contributed by atoms with Crippen LogP contribution in [0, 0.1) is 12.8 Å². The van der Waals surface area contributed by atoms with E-state index in [2.05, 4.69) is 64.9 Å². The first-order valence-electron chi connectivity index (χ1n) is 11.5. The zero-order valence-electron chi connectivity index (χ0n) is 18.9. The Morgan fingerprint density at radius 3 is 2.47 bits per heavy atom. The summed E-state index contributed by atoms with van der Waals surface area (Å²) in [5.74, 6) is 0.549. The quantitative estimate of drug-likeness (QED) is 0.441. The van der Waals surface area contributed by atoms with Crippen LogP contribution in [0.2, 0.25) is 0 Å². The molecule has 5 nitrogen and oxygen atoms in total. The van der Waals surface area contributed by atoms with Gasteiger partial charge in [-0.3, -0.25) is 14.0 Å². The van der Waals surface area contributed by atoms with E-state index in [-0.39, 0.29) is 5.56 Å². The van der Waals surface area contributed by atoms with Gasteiger partial charge in [-0.05, 0) is 74.2 Å². The maximum Gasteiger partial charge on any atom is 0.255 e. The van der Waals surface area contributed by atoms with E-state index in [1.807, 2.05) is 24.5 Å². The summed E-state index contributed by atoms with van der Waals surface area (Å²) in [5.41, 5.74) is 5.15. The van der Waals surface area contributed by atoms with E-state index in [0.29, 0.717) is 5.92 Å². The number of likely N-dealkylation sites (tertiary alicyclic amines) is 1. The van der Waals surface area contributed by atoms with Gasteiger partial charge in [-0.2, -0.15) is 5.10 Å². The highest BCUT2D eigenvalue weighted by molar-refractivity contribution is 5.81. The van der Waals surface area contributed by atoms with Crippen LogP contribution in [-0.4, -0.2) is 38.9 Å². The summed E-state index contributed by atoms with van der Waals surface area (Å²) in [6.07, 6.45) is 6.42. The Morgan fingerprint density at radius 2 is 1.72 bits per heavy atom. The van der Waals surface area contributed by atoms with Crippen molar-refractivity contribution >= 4 is 10.9 Å². The molecule has 0 aliphatic carbocycles. The monoisotopic (exact) mass is 426 g/mol. The summed E-state index contributed by atoms with van der Waals surface area (Å²) < 4.78 is 3.80. The fourth-order valence-corrected chi connectivity index (χ4v) is 4.75. The van der Waals surface area contributed by atoms with Gasteiger partial charge < -0.3 is 4.90 Å². The summed E-state index contributed by atoms with van der Waals surface area (Å²) in [6.45, 7) is 8.85. The van der Waals surface area contributed by atoms with Crippen molar-refractivity contribution in [2.75, 3.05) is 19.6 Å². The molecular formula is C27H30N4O. The molecule has 32 heavy (non-hydrogen) atoms. The highest BCUT2D eigenvalue weighted by atomic mass is 16.1. The zero-order valence-corrected chi connectivity index (χ0v) is 18.9. The van der Waals surface area contributed by atoms with Gasteiger partial charge in [0.25, 0.3) is 5.56 Å². The zero-order chi connectivity index (χ0) is 22.1. The molecule has 4 aromatic rings. The van der Waals surface area contributed by atoms with Crippen molar-refractivity contribution in [1.82, 2.24) is 19.2 Å². The van der Waals surface area contributed by atoms with Gasteiger partial charge in [-0.15, -0.1) is 0 Å². The van der Waals surface area contributed by atoms with Crippen molar-refractivity contribution < 1.29 is 0 Å². The van der Waals surface area contributed by atoms with Gasteiger partial charge in [0.15, 0.2) is 0 Å². The summed E-state index contributed by atoms with van der Waals surface area (Å²) in [4.78, 5) is 15.4. The minimum Gasteiger partial charge on any atom is -0.303 e. The average molecular weight is 427 g/mol. The van der Waals surface area contributed by atoms with E-state index < -0.39 is 0 Å². The summed E-state index contributed by atoms with van der Waals surface area (Å²) in [5, 5.41) is 5.70. The maximum atomic E-state index is 12.9. The van der Waals surface area contributed by atoms with Crippen molar-refractivity contribution in [3.63, 3.8) is 0 Å². The molecule has 0 spiro atoms. The normalized spacial score (nSPS) is 15.4. The van der Waals surface area contributed by atoms with Gasteiger partial charge in [-0.1, -0.05) is 36.8 Å². The predicted molar refractivity (Wildman–Crippen MR) is 130 cm³/mol. The van der Waals surface area contributed by atoms with E-state index in [1.165, 1.54) is 31.5 Å². The lowest BCUT2D eigenvalue weighted by Crippen LogP contribution is -2.27. The number of aryl methyl sites for hydroxylation is 1. The Kier molecular flexibility index (Phi) is 5.66.